The maximum atomic E-state index is 11.3. The lowest BCUT2D eigenvalue weighted by Crippen LogP contribution is -2.19. The van der Waals surface area contributed by atoms with Crippen LogP contribution in [0.5, 0.6) is 0 Å². The molecule has 1 unspecified atom stereocenters. The van der Waals surface area contributed by atoms with E-state index in [1.54, 1.807) is 0 Å². The number of alkyl halides is 1. The average molecular weight is 474 g/mol. The molecule has 0 aromatic carbocycles. The molecule has 0 aromatic heterocycles. The Bertz CT molecular complexity index is 316. The third kappa shape index (κ3) is 17.1. The molecule has 0 aliphatic carbocycles. The molecule has 1 atom stereocenters. The van der Waals surface area contributed by atoms with E-state index < -0.39 is 0 Å². The van der Waals surface area contributed by atoms with Gasteiger partial charge in [-0.15, -0.1) is 0 Å². The van der Waals surface area contributed by atoms with Crippen LogP contribution in [-0.2, 0) is 33.3 Å². The Hall–Kier alpha value is -0.130. The monoisotopic (exact) mass is 474 g/mol. The molecule has 0 saturated heterocycles. The molecule has 0 aromatic rings. The van der Waals surface area contributed by atoms with E-state index >= 15 is 0 Å². The van der Waals surface area contributed by atoms with Crippen LogP contribution < -0.4 is 0 Å². The van der Waals surface area contributed by atoms with E-state index in [4.69, 9.17) is 23.7 Å². The van der Waals surface area contributed by atoms with E-state index in [-0.39, 0.29) is 34.6 Å². The summed E-state index contributed by atoms with van der Waals surface area (Å²) in [7, 11) is 0. The zero-order valence-corrected chi connectivity index (χ0v) is 17.6. The quantitative estimate of drug-likeness (QED) is 0.170. The minimum absolute atomic E-state index is 0.00491. The fourth-order valence-electron chi connectivity index (χ4n) is 1.40. The second-order valence-electron chi connectivity index (χ2n) is 5.65. The molecule has 0 saturated carbocycles. The van der Waals surface area contributed by atoms with Crippen molar-refractivity contribution < 1.29 is 33.3 Å². The van der Waals surface area contributed by atoms with E-state index in [0.29, 0.717) is 52.9 Å². The zero-order chi connectivity index (χ0) is 18.9. The summed E-state index contributed by atoms with van der Waals surface area (Å²) in [5.74, 6) is 0.186. The molecule has 0 fully saturated rings. The lowest BCUT2D eigenvalue weighted by atomic mass is 10.1. The lowest BCUT2D eigenvalue weighted by Gasteiger charge is -2.08. The normalized spacial score (nSPS) is 12.5. The second kappa shape index (κ2) is 17.3. The van der Waals surface area contributed by atoms with Gasteiger partial charge in [0.05, 0.1) is 56.8 Å². The van der Waals surface area contributed by atoms with E-state index in [0.717, 1.165) is 0 Å². The predicted octanol–water partition coefficient (Wildman–Crippen LogP) is 1.69. The maximum Gasteiger partial charge on any atom is 0.170 e. The Morgan fingerprint density at radius 3 is 1.28 bits per heavy atom. The first kappa shape index (κ1) is 24.9. The van der Waals surface area contributed by atoms with Crippen molar-refractivity contribution in [2.75, 3.05) is 66.1 Å². The fourth-order valence-corrected chi connectivity index (χ4v) is 1.58. The molecule has 0 aliphatic heterocycles. The number of halogens is 1. The SMILES string of the molecule is CC(C)C(=O)COCCOCCOCCOCCOCC(=O)C(C)I. The Balaban J connectivity index is 3.14. The molecule has 0 rings (SSSR count). The van der Waals surface area contributed by atoms with Gasteiger partial charge in [0.2, 0.25) is 0 Å². The Kier molecular flexibility index (Phi) is 17.2. The molecule has 7 nitrogen and oxygen atoms in total. The second-order valence-corrected chi connectivity index (χ2v) is 7.51. The first-order valence-electron chi connectivity index (χ1n) is 8.53. The van der Waals surface area contributed by atoms with Crippen LogP contribution in [0.4, 0.5) is 0 Å². The van der Waals surface area contributed by atoms with Gasteiger partial charge >= 0.3 is 0 Å². The number of ketones is 2. The molecular weight excluding hydrogens is 443 g/mol. The maximum absolute atomic E-state index is 11.3. The predicted molar refractivity (Wildman–Crippen MR) is 102 cm³/mol. The molecular formula is C17H31IO7. The van der Waals surface area contributed by atoms with Gasteiger partial charge in [-0.3, -0.25) is 9.59 Å². The molecule has 0 spiro atoms. The van der Waals surface area contributed by atoms with Gasteiger partial charge < -0.3 is 23.7 Å². The zero-order valence-electron chi connectivity index (χ0n) is 15.5. The van der Waals surface area contributed by atoms with Gasteiger partial charge in [-0.05, 0) is 6.92 Å². The summed E-state index contributed by atoms with van der Waals surface area (Å²) in [6.07, 6.45) is 0. The summed E-state index contributed by atoms with van der Waals surface area (Å²) in [5.41, 5.74) is 0. The molecule has 0 N–H and O–H groups in total. The number of carbonyl (C=O) groups is 2. The van der Waals surface area contributed by atoms with E-state index in [2.05, 4.69) is 22.6 Å². The number of hydrogen-bond acceptors (Lipinski definition) is 7. The lowest BCUT2D eigenvalue weighted by molar-refractivity contribution is -0.127. The van der Waals surface area contributed by atoms with Crippen molar-refractivity contribution in [2.24, 2.45) is 5.92 Å². The van der Waals surface area contributed by atoms with E-state index in [1.807, 2.05) is 20.8 Å². The van der Waals surface area contributed by atoms with Crippen LogP contribution >= 0.6 is 22.6 Å². The highest BCUT2D eigenvalue weighted by Crippen LogP contribution is 1.99. The van der Waals surface area contributed by atoms with Gasteiger partial charge in [0.25, 0.3) is 0 Å². The number of carbonyl (C=O) groups excluding carboxylic acids is 2. The van der Waals surface area contributed by atoms with Crippen LogP contribution in [0.1, 0.15) is 20.8 Å². The van der Waals surface area contributed by atoms with Gasteiger partial charge in [-0.25, -0.2) is 0 Å². The standard InChI is InChI=1S/C17H31IO7/c1-14(2)16(19)12-24-10-8-22-6-4-21-5-7-23-9-11-25-13-17(20)15(3)18/h14-15H,4-13H2,1-3H3. The fraction of sp³-hybridized carbons (Fsp3) is 0.882. The minimum Gasteiger partial charge on any atom is -0.377 e. The highest BCUT2D eigenvalue weighted by Gasteiger charge is 2.08. The van der Waals surface area contributed by atoms with Crippen LogP contribution in [0.2, 0.25) is 0 Å². The number of ether oxygens (including phenoxy) is 5. The molecule has 0 amide bonds. The average Bonchev–Trinajstić information content (AvgIpc) is 2.57. The number of Topliss-reactive ketones (excluding diaryl/α,β-unsaturated/α-hetero) is 2. The summed E-state index contributed by atoms with van der Waals surface area (Å²) in [6.45, 7) is 9.41. The van der Waals surface area contributed by atoms with Crippen LogP contribution in [0, 0.1) is 5.92 Å². The van der Waals surface area contributed by atoms with Crippen molar-refractivity contribution in [3.05, 3.63) is 0 Å². The summed E-state index contributed by atoms with van der Waals surface area (Å²) in [5, 5.41) is 0. The smallest absolute Gasteiger partial charge is 0.170 e. The van der Waals surface area contributed by atoms with Gasteiger partial charge in [-0.1, -0.05) is 36.4 Å². The molecule has 8 heteroatoms. The van der Waals surface area contributed by atoms with Crippen LogP contribution in [0.3, 0.4) is 0 Å². The summed E-state index contributed by atoms with van der Waals surface area (Å²) in [4.78, 5) is 22.6. The molecule has 0 radical (unpaired) electrons. The highest BCUT2D eigenvalue weighted by molar-refractivity contribution is 14.1. The Morgan fingerprint density at radius 2 is 0.960 bits per heavy atom. The first-order chi connectivity index (χ1) is 11.9. The van der Waals surface area contributed by atoms with Gasteiger partial charge in [0, 0.05) is 5.92 Å². The van der Waals surface area contributed by atoms with Gasteiger partial charge in [0.1, 0.15) is 13.2 Å². The van der Waals surface area contributed by atoms with E-state index in [1.165, 1.54) is 0 Å². The third-order valence-electron chi connectivity index (χ3n) is 3.06. The van der Waals surface area contributed by atoms with Gasteiger partial charge in [0.15, 0.2) is 11.6 Å². The topological polar surface area (TPSA) is 80.3 Å². The first-order valence-corrected chi connectivity index (χ1v) is 9.78. The highest BCUT2D eigenvalue weighted by atomic mass is 127. The number of rotatable bonds is 18. The summed E-state index contributed by atoms with van der Waals surface area (Å²) >= 11 is 2.06. The molecule has 25 heavy (non-hydrogen) atoms. The van der Waals surface area contributed by atoms with Crippen molar-refractivity contribution in [1.29, 1.82) is 0 Å². The Labute approximate surface area is 164 Å². The van der Waals surface area contributed by atoms with Crippen molar-refractivity contribution >= 4 is 34.2 Å². The molecule has 0 bridgehead atoms. The third-order valence-corrected chi connectivity index (χ3v) is 3.76. The van der Waals surface area contributed by atoms with Crippen molar-refractivity contribution in [2.45, 2.75) is 24.7 Å². The van der Waals surface area contributed by atoms with Crippen molar-refractivity contribution in [3.63, 3.8) is 0 Å². The molecule has 0 heterocycles. The van der Waals surface area contributed by atoms with E-state index in [9.17, 15) is 9.59 Å². The molecule has 0 aliphatic rings. The summed E-state index contributed by atoms with van der Waals surface area (Å²) < 4.78 is 26.4. The molecule has 148 valence electrons. The van der Waals surface area contributed by atoms with Crippen LogP contribution in [0.15, 0.2) is 0 Å². The van der Waals surface area contributed by atoms with Crippen molar-refractivity contribution in [3.8, 4) is 0 Å². The van der Waals surface area contributed by atoms with Gasteiger partial charge in [-0.2, -0.15) is 0 Å². The van der Waals surface area contributed by atoms with Crippen LogP contribution in [0.25, 0.3) is 0 Å². The minimum atomic E-state index is -0.0248. The number of hydrogen-bond donors (Lipinski definition) is 0. The Morgan fingerprint density at radius 1 is 0.640 bits per heavy atom. The van der Waals surface area contributed by atoms with Crippen molar-refractivity contribution in [1.82, 2.24) is 0 Å². The summed E-state index contributed by atoms with van der Waals surface area (Å²) in [6, 6.07) is 0. The largest absolute Gasteiger partial charge is 0.377 e. The van der Waals surface area contributed by atoms with Crippen LogP contribution in [-0.4, -0.2) is 81.6 Å².